The summed E-state index contributed by atoms with van der Waals surface area (Å²) in [5.41, 5.74) is 0. The molecule has 0 radical (unpaired) electrons. The van der Waals surface area contributed by atoms with Gasteiger partial charge in [0.15, 0.2) is 21.0 Å². The molecule has 20 heavy (non-hydrogen) atoms. The Morgan fingerprint density at radius 2 is 2.45 bits per heavy atom. The minimum Gasteiger partial charge on any atom is -0.465 e. The van der Waals surface area contributed by atoms with E-state index in [0.29, 0.717) is 15.8 Å². The fourth-order valence-electron chi connectivity index (χ4n) is 2.13. The van der Waals surface area contributed by atoms with Gasteiger partial charge in [-0.1, -0.05) is 28.2 Å². The third kappa shape index (κ3) is 2.34. The molecule has 2 aromatic rings. The van der Waals surface area contributed by atoms with Crippen LogP contribution >= 0.6 is 22.9 Å². The number of rotatable bonds is 3. The average molecular weight is 315 g/mol. The number of methoxy groups -OCH3 is 1. The maximum Gasteiger partial charge on any atom is 0.351 e. The van der Waals surface area contributed by atoms with Gasteiger partial charge in [0, 0.05) is 19.0 Å². The molecule has 0 spiro atoms. The van der Waals surface area contributed by atoms with Crippen LogP contribution in [0.3, 0.4) is 0 Å². The number of carbonyl (C=O) groups excluding carboxylic acids is 1. The molecule has 1 aliphatic rings. The van der Waals surface area contributed by atoms with E-state index in [4.69, 9.17) is 11.6 Å². The first-order valence-electron chi connectivity index (χ1n) is 5.92. The molecule has 0 aromatic carbocycles. The molecule has 106 valence electrons. The van der Waals surface area contributed by atoms with Crippen molar-refractivity contribution in [1.82, 2.24) is 25.6 Å². The van der Waals surface area contributed by atoms with Crippen LogP contribution in [0.25, 0.3) is 0 Å². The number of aromatic amines is 1. The molecule has 8 nitrogen and oxygen atoms in total. The number of nitrogens with one attached hydrogen (secondary N) is 1. The summed E-state index contributed by atoms with van der Waals surface area (Å²) in [6.07, 6.45) is 0.907. The zero-order valence-electron chi connectivity index (χ0n) is 10.5. The van der Waals surface area contributed by atoms with Crippen molar-refractivity contribution >= 4 is 34.0 Å². The summed E-state index contributed by atoms with van der Waals surface area (Å²) in [6.45, 7) is 1.54. The Bertz CT molecular complexity index is 615. The van der Waals surface area contributed by atoms with E-state index >= 15 is 0 Å². The Labute approximate surface area is 123 Å². The van der Waals surface area contributed by atoms with Crippen LogP contribution in [0.5, 0.6) is 0 Å². The summed E-state index contributed by atoms with van der Waals surface area (Å²) in [5, 5.41) is 14.9. The largest absolute Gasteiger partial charge is 0.465 e. The number of carbonyl (C=O) groups is 1. The third-order valence-electron chi connectivity index (χ3n) is 3.13. The molecule has 1 saturated heterocycles. The number of ether oxygens (including phenoxy) is 1. The second kappa shape index (κ2) is 5.33. The van der Waals surface area contributed by atoms with Gasteiger partial charge in [0.1, 0.15) is 0 Å². The van der Waals surface area contributed by atoms with Crippen LogP contribution < -0.4 is 4.90 Å². The van der Waals surface area contributed by atoms with Crippen molar-refractivity contribution in [3.8, 4) is 0 Å². The Morgan fingerprint density at radius 3 is 3.15 bits per heavy atom. The third-order valence-corrected chi connectivity index (χ3v) is 4.61. The van der Waals surface area contributed by atoms with Crippen molar-refractivity contribution in [3.05, 3.63) is 15.9 Å². The van der Waals surface area contributed by atoms with Crippen molar-refractivity contribution in [3.63, 3.8) is 0 Å². The van der Waals surface area contributed by atoms with Crippen LogP contribution in [0.2, 0.25) is 5.15 Å². The van der Waals surface area contributed by atoms with E-state index < -0.39 is 5.97 Å². The number of H-pyrrole nitrogens is 1. The molecule has 1 N–H and O–H groups in total. The lowest BCUT2D eigenvalue weighted by atomic mass is 10.1. The van der Waals surface area contributed by atoms with Crippen LogP contribution in [-0.4, -0.2) is 51.8 Å². The summed E-state index contributed by atoms with van der Waals surface area (Å²) < 4.78 is 4.67. The summed E-state index contributed by atoms with van der Waals surface area (Å²) in [5.74, 6) is 0.439. The lowest BCUT2D eigenvalue weighted by Gasteiger charge is -2.13. The van der Waals surface area contributed by atoms with E-state index in [1.165, 1.54) is 18.4 Å². The van der Waals surface area contributed by atoms with Gasteiger partial charge in [-0.25, -0.2) is 9.78 Å². The molecular formula is C10H11ClN6O2S. The second-order valence-electron chi connectivity index (χ2n) is 4.31. The second-order valence-corrected chi connectivity index (χ2v) is 5.65. The first kappa shape index (κ1) is 13.3. The predicted molar refractivity (Wildman–Crippen MR) is 72.2 cm³/mol. The van der Waals surface area contributed by atoms with Gasteiger partial charge in [0.25, 0.3) is 0 Å². The standard InChI is InChI=1S/C10H11ClN6O2S/c1-19-9(18)6-7(11)12-10(20-6)17-3-2-5(4-17)8-13-15-16-14-8/h5H,2-4H2,1H3,(H,13,14,15,16). The molecule has 1 fully saturated rings. The molecule has 0 bridgehead atoms. The van der Waals surface area contributed by atoms with Gasteiger partial charge in [-0.15, -0.1) is 10.2 Å². The van der Waals surface area contributed by atoms with Gasteiger partial charge >= 0.3 is 5.97 Å². The number of nitrogens with zero attached hydrogens (tertiary/aromatic N) is 5. The lowest BCUT2D eigenvalue weighted by Crippen LogP contribution is -2.19. The highest BCUT2D eigenvalue weighted by Crippen LogP contribution is 2.34. The summed E-state index contributed by atoms with van der Waals surface area (Å²) in [7, 11) is 1.32. The minimum atomic E-state index is -0.465. The molecule has 10 heteroatoms. The predicted octanol–water partition coefficient (Wildman–Crippen LogP) is 1.09. The van der Waals surface area contributed by atoms with Crippen LogP contribution in [0.15, 0.2) is 0 Å². The number of hydrogen-bond donors (Lipinski definition) is 1. The zero-order valence-corrected chi connectivity index (χ0v) is 12.1. The van der Waals surface area contributed by atoms with Crippen molar-refractivity contribution in [2.24, 2.45) is 0 Å². The van der Waals surface area contributed by atoms with Crippen LogP contribution in [-0.2, 0) is 4.74 Å². The molecule has 0 amide bonds. The molecular weight excluding hydrogens is 304 g/mol. The summed E-state index contributed by atoms with van der Waals surface area (Å²) >= 11 is 7.20. The smallest absolute Gasteiger partial charge is 0.351 e. The number of aromatic nitrogens is 5. The number of esters is 1. The topological polar surface area (TPSA) is 96.9 Å². The number of thiazole rings is 1. The highest BCUT2D eigenvalue weighted by molar-refractivity contribution is 7.18. The molecule has 3 rings (SSSR count). The number of tetrazole rings is 1. The number of hydrogen-bond acceptors (Lipinski definition) is 8. The maximum atomic E-state index is 11.5. The molecule has 3 heterocycles. The minimum absolute atomic E-state index is 0.180. The first-order valence-corrected chi connectivity index (χ1v) is 7.11. The zero-order chi connectivity index (χ0) is 14.1. The summed E-state index contributed by atoms with van der Waals surface area (Å²) in [6, 6.07) is 0. The van der Waals surface area contributed by atoms with E-state index in [2.05, 4.69) is 35.2 Å². The normalized spacial score (nSPS) is 18.5. The number of anilines is 1. The molecule has 1 atom stereocenters. The molecule has 0 aliphatic carbocycles. The first-order chi connectivity index (χ1) is 9.69. The van der Waals surface area contributed by atoms with E-state index in [0.717, 1.165) is 19.5 Å². The van der Waals surface area contributed by atoms with Gasteiger partial charge in [-0.3, -0.25) is 0 Å². The highest BCUT2D eigenvalue weighted by atomic mass is 35.5. The van der Waals surface area contributed by atoms with E-state index in [9.17, 15) is 4.79 Å². The lowest BCUT2D eigenvalue weighted by molar-refractivity contribution is 0.0606. The maximum absolute atomic E-state index is 11.5. The van der Waals surface area contributed by atoms with E-state index in [1.54, 1.807) is 0 Å². The monoisotopic (exact) mass is 314 g/mol. The van der Waals surface area contributed by atoms with Crippen molar-refractivity contribution in [2.45, 2.75) is 12.3 Å². The quantitative estimate of drug-likeness (QED) is 0.847. The Hall–Kier alpha value is -1.74. The van der Waals surface area contributed by atoms with Gasteiger partial charge in [0.05, 0.1) is 7.11 Å². The van der Waals surface area contributed by atoms with E-state index in [-0.39, 0.29) is 11.1 Å². The van der Waals surface area contributed by atoms with Crippen LogP contribution in [0, 0.1) is 0 Å². The number of halogens is 1. The molecule has 2 aromatic heterocycles. The van der Waals surface area contributed by atoms with Gasteiger partial charge in [-0.05, 0) is 6.42 Å². The highest BCUT2D eigenvalue weighted by Gasteiger charge is 2.30. The average Bonchev–Trinajstić information content (AvgIpc) is 3.16. The molecule has 1 aliphatic heterocycles. The SMILES string of the molecule is COC(=O)c1sc(N2CCC(c3nn[nH]n3)C2)nc1Cl. The van der Waals surface area contributed by atoms with Crippen molar-refractivity contribution in [1.29, 1.82) is 0 Å². The summed E-state index contributed by atoms with van der Waals surface area (Å²) in [4.78, 5) is 18.1. The molecule has 0 saturated carbocycles. The van der Waals surface area contributed by atoms with Crippen LogP contribution in [0.1, 0.15) is 27.8 Å². The Kier molecular flexibility index (Phi) is 3.53. The van der Waals surface area contributed by atoms with Crippen LogP contribution in [0.4, 0.5) is 5.13 Å². The Morgan fingerprint density at radius 1 is 1.60 bits per heavy atom. The fourth-order valence-corrected chi connectivity index (χ4v) is 3.37. The molecule has 1 unspecified atom stereocenters. The Balaban J connectivity index is 1.76. The van der Waals surface area contributed by atoms with E-state index in [1.807, 2.05) is 0 Å². The van der Waals surface area contributed by atoms with Gasteiger partial charge in [0.2, 0.25) is 0 Å². The van der Waals surface area contributed by atoms with Gasteiger partial charge in [-0.2, -0.15) is 5.21 Å². The van der Waals surface area contributed by atoms with Crippen molar-refractivity contribution in [2.75, 3.05) is 25.1 Å². The van der Waals surface area contributed by atoms with Crippen molar-refractivity contribution < 1.29 is 9.53 Å². The fraction of sp³-hybridized carbons (Fsp3) is 0.500. The van der Waals surface area contributed by atoms with Gasteiger partial charge < -0.3 is 9.64 Å².